The minimum absolute atomic E-state index is 0.640. The van der Waals surface area contributed by atoms with E-state index in [9.17, 15) is 0 Å². The van der Waals surface area contributed by atoms with Gasteiger partial charge < -0.3 is 19.9 Å². The summed E-state index contributed by atoms with van der Waals surface area (Å²) in [5, 5.41) is 0. The third-order valence-electron chi connectivity index (χ3n) is 3.30. The molecule has 4 heteroatoms. The molecule has 0 heterocycles. The fourth-order valence-electron chi connectivity index (χ4n) is 1.93. The number of rotatable bonds is 12. The molecule has 0 radical (unpaired) electrons. The molecule has 22 heavy (non-hydrogen) atoms. The average Bonchev–Trinajstić information content (AvgIpc) is 2.50. The van der Waals surface area contributed by atoms with Gasteiger partial charge in [0.05, 0.1) is 19.8 Å². The molecule has 0 amide bonds. The van der Waals surface area contributed by atoms with Crippen LogP contribution in [-0.2, 0) is 0 Å². The molecule has 126 valence electrons. The van der Waals surface area contributed by atoms with E-state index in [4.69, 9.17) is 19.9 Å². The van der Waals surface area contributed by atoms with Gasteiger partial charge in [-0.15, -0.1) is 0 Å². The molecule has 0 unspecified atom stereocenters. The van der Waals surface area contributed by atoms with Gasteiger partial charge in [-0.05, 0) is 19.3 Å². The maximum atomic E-state index is 5.98. The summed E-state index contributed by atoms with van der Waals surface area (Å²) in [7, 11) is 0. The molecule has 1 aromatic rings. The monoisotopic (exact) mass is 309 g/mol. The zero-order chi connectivity index (χ0) is 16.2. The van der Waals surface area contributed by atoms with Gasteiger partial charge in [0.15, 0.2) is 11.5 Å². The zero-order valence-corrected chi connectivity index (χ0v) is 14.3. The molecule has 0 aliphatic rings. The Kier molecular flexibility index (Phi) is 9.28. The number of anilines is 1. The molecule has 0 bridgehead atoms. The SMILES string of the molecule is CCCCOc1cc(N)cc(OCCCC)c1OCCCC. The minimum Gasteiger partial charge on any atom is -0.489 e. The molecular weight excluding hydrogens is 278 g/mol. The van der Waals surface area contributed by atoms with Crippen molar-refractivity contribution in [2.75, 3.05) is 25.6 Å². The Hall–Kier alpha value is -1.58. The zero-order valence-electron chi connectivity index (χ0n) is 14.3. The van der Waals surface area contributed by atoms with Crippen LogP contribution in [0, 0.1) is 0 Å². The van der Waals surface area contributed by atoms with E-state index in [1.54, 1.807) is 0 Å². The van der Waals surface area contributed by atoms with Gasteiger partial charge in [-0.1, -0.05) is 40.0 Å². The lowest BCUT2D eigenvalue weighted by Gasteiger charge is -2.17. The summed E-state index contributed by atoms with van der Waals surface area (Å²) in [6.07, 6.45) is 6.30. The highest BCUT2D eigenvalue weighted by atomic mass is 16.5. The number of hydrogen-bond acceptors (Lipinski definition) is 4. The highest BCUT2D eigenvalue weighted by Crippen LogP contribution is 2.40. The number of hydrogen-bond donors (Lipinski definition) is 1. The summed E-state index contributed by atoms with van der Waals surface area (Å²) in [6.45, 7) is 8.41. The van der Waals surface area contributed by atoms with Crippen LogP contribution in [0.2, 0.25) is 0 Å². The minimum atomic E-state index is 0.640. The Labute approximate surface area is 134 Å². The molecule has 4 nitrogen and oxygen atoms in total. The standard InChI is InChI=1S/C18H31NO3/c1-4-7-10-20-16-13-15(19)14-17(21-11-8-5-2)18(16)22-12-9-6-3/h13-14H,4-12,19H2,1-3H3. The van der Waals surface area contributed by atoms with Crippen LogP contribution in [0.25, 0.3) is 0 Å². The Bertz CT molecular complexity index is 390. The third-order valence-corrected chi connectivity index (χ3v) is 3.30. The Morgan fingerprint density at radius 2 is 1.14 bits per heavy atom. The van der Waals surface area contributed by atoms with Crippen molar-refractivity contribution in [3.8, 4) is 17.2 Å². The predicted molar refractivity (Wildman–Crippen MR) is 92.1 cm³/mol. The molecule has 0 aromatic heterocycles. The van der Waals surface area contributed by atoms with Crippen LogP contribution in [-0.4, -0.2) is 19.8 Å². The van der Waals surface area contributed by atoms with Gasteiger partial charge in [0.1, 0.15) is 0 Å². The first kappa shape index (κ1) is 18.5. The quantitative estimate of drug-likeness (QED) is 0.445. The first-order valence-corrected chi connectivity index (χ1v) is 8.54. The highest BCUT2D eigenvalue weighted by molar-refractivity contribution is 5.60. The molecule has 1 aromatic carbocycles. The summed E-state index contributed by atoms with van der Waals surface area (Å²) in [6, 6.07) is 3.65. The summed E-state index contributed by atoms with van der Waals surface area (Å²) in [5.41, 5.74) is 6.62. The van der Waals surface area contributed by atoms with E-state index in [-0.39, 0.29) is 0 Å². The second-order valence-corrected chi connectivity index (χ2v) is 5.45. The highest BCUT2D eigenvalue weighted by Gasteiger charge is 2.14. The second-order valence-electron chi connectivity index (χ2n) is 5.45. The summed E-state index contributed by atoms with van der Waals surface area (Å²) < 4.78 is 17.6. The van der Waals surface area contributed by atoms with Crippen LogP contribution in [0.1, 0.15) is 59.3 Å². The van der Waals surface area contributed by atoms with E-state index in [0.29, 0.717) is 42.8 Å². The average molecular weight is 309 g/mol. The molecule has 1 rings (SSSR count). The van der Waals surface area contributed by atoms with Crippen molar-refractivity contribution < 1.29 is 14.2 Å². The number of benzene rings is 1. The van der Waals surface area contributed by atoms with Gasteiger partial charge in [-0.3, -0.25) is 0 Å². The maximum Gasteiger partial charge on any atom is 0.203 e. The van der Waals surface area contributed by atoms with Gasteiger partial charge in [-0.25, -0.2) is 0 Å². The topological polar surface area (TPSA) is 53.7 Å². The van der Waals surface area contributed by atoms with E-state index in [0.717, 1.165) is 38.5 Å². The first-order chi connectivity index (χ1) is 10.7. The summed E-state index contributed by atoms with van der Waals surface area (Å²) in [5.74, 6) is 2.07. The van der Waals surface area contributed by atoms with E-state index in [1.807, 2.05) is 12.1 Å². The molecule has 0 aliphatic heterocycles. The van der Waals surface area contributed by atoms with Gasteiger partial charge in [0.25, 0.3) is 0 Å². The van der Waals surface area contributed by atoms with E-state index < -0.39 is 0 Å². The largest absolute Gasteiger partial charge is 0.489 e. The van der Waals surface area contributed by atoms with Crippen LogP contribution >= 0.6 is 0 Å². The lowest BCUT2D eigenvalue weighted by molar-refractivity contribution is 0.237. The number of unbranched alkanes of at least 4 members (excludes halogenated alkanes) is 3. The van der Waals surface area contributed by atoms with Crippen LogP contribution in [0.4, 0.5) is 5.69 Å². The predicted octanol–water partition coefficient (Wildman–Crippen LogP) is 4.81. The van der Waals surface area contributed by atoms with Crippen molar-refractivity contribution >= 4 is 5.69 Å². The normalized spacial score (nSPS) is 10.5. The smallest absolute Gasteiger partial charge is 0.203 e. The molecule has 2 N–H and O–H groups in total. The van der Waals surface area contributed by atoms with E-state index in [1.165, 1.54) is 0 Å². The third kappa shape index (κ3) is 6.46. The van der Waals surface area contributed by atoms with Crippen molar-refractivity contribution in [1.29, 1.82) is 0 Å². The van der Waals surface area contributed by atoms with Crippen LogP contribution in [0.3, 0.4) is 0 Å². The van der Waals surface area contributed by atoms with Crippen molar-refractivity contribution in [2.45, 2.75) is 59.3 Å². The van der Waals surface area contributed by atoms with Crippen molar-refractivity contribution in [2.24, 2.45) is 0 Å². The molecule has 0 aliphatic carbocycles. The van der Waals surface area contributed by atoms with Crippen molar-refractivity contribution in [3.05, 3.63) is 12.1 Å². The Morgan fingerprint density at radius 3 is 1.55 bits per heavy atom. The van der Waals surface area contributed by atoms with E-state index >= 15 is 0 Å². The summed E-state index contributed by atoms with van der Waals surface area (Å²) >= 11 is 0. The number of nitrogens with two attached hydrogens (primary N) is 1. The Balaban J connectivity index is 2.88. The van der Waals surface area contributed by atoms with Crippen molar-refractivity contribution in [1.82, 2.24) is 0 Å². The molecule has 0 atom stereocenters. The van der Waals surface area contributed by atoms with Crippen LogP contribution in [0.15, 0.2) is 12.1 Å². The molecule has 0 fully saturated rings. The number of nitrogen functional groups attached to an aromatic ring is 1. The lowest BCUT2D eigenvalue weighted by atomic mass is 10.2. The maximum absolute atomic E-state index is 5.98. The molecule has 0 saturated heterocycles. The van der Waals surface area contributed by atoms with Gasteiger partial charge in [0, 0.05) is 17.8 Å². The lowest BCUT2D eigenvalue weighted by Crippen LogP contribution is -2.06. The Morgan fingerprint density at radius 1 is 0.727 bits per heavy atom. The van der Waals surface area contributed by atoms with E-state index in [2.05, 4.69) is 20.8 Å². The fraction of sp³-hybridized carbons (Fsp3) is 0.667. The van der Waals surface area contributed by atoms with Crippen molar-refractivity contribution in [3.63, 3.8) is 0 Å². The first-order valence-electron chi connectivity index (χ1n) is 8.54. The van der Waals surface area contributed by atoms with Crippen LogP contribution in [0.5, 0.6) is 17.2 Å². The van der Waals surface area contributed by atoms with Gasteiger partial charge in [0.2, 0.25) is 5.75 Å². The fourth-order valence-corrected chi connectivity index (χ4v) is 1.93. The van der Waals surface area contributed by atoms with Gasteiger partial charge in [-0.2, -0.15) is 0 Å². The number of ether oxygens (including phenoxy) is 3. The molecular formula is C18H31NO3. The van der Waals surface area contributed by atoms with Crippen LogP contribution < -0.4 is 19.9 Å². The molecule has 0 spiro atoms. The van der Waals surface area contributed by atoms with Gasteiger partial charge >= 0.3 is 0 Å². The molecule has 0 saturated carbocycles. The summed E-state index contributed by atoms with van der Waals surface area (Å²) in [4.78, 5) is 0. The second kappa shape index (κ2) is 11.0.